The lowest BCUT2D eigenvalue weighted by Crippen LogP contribution is -2.13. The fourth-order valence-corrected chi connectivity index (χ4v) is 2.06. The van der Waals surface area contributed by atoms with Gasteiger partial charge in [-0.1, -0.05) is 60.2 Å². The summed E-state index contributed by atoms with van der Waals surface area (Å²) >= 11 is 0. The van der Waals surface area contributed by atoms with Crippen LogP contribution in [-0.4, -0.2) is 15.2 Å². The Labute approximate surface area is 117 Å². The van der Waals surface area contributed by atoms with Gasteiger partial charge in [0.15, 0.2) is 5.82 Å². The van der Waals surface area contributed by atoms with E-state index < -0.39 is 0 Å². The number of nitrogens with two attached hydrogens (primary N) is 1. The molecule has 1 atom stereocenters. The molecular weight excluding hydrogens is 248 g/mol. The first-order valence-corrected chi connectivity index (χ1v) is 6.54. The molecule has 0 bridgehead atoms. The van der Waals surface area contributed by atoms with Gasteiger partial charge in [0.1, 0.15) is 5.82 Å². The van der Waals surface area contributed by atoms with Gasteiger partial charge in [-0.3, -0.25) is 5.10 Å². The minimum Gasteiger partial charge on any atom is -0.318 e. The molecule has 0 amide bonds. The Morgan fingerprint density at radius 2 is 1.70 bits per heavy atom. The van der Waals surface area contributed by atoms with Crippen LogP contribution in [0.15, 0.2) is 54.6 Å². The van der Waals surface area contributed by atoms with Crippen molar-refractivity contribution in [3.63, 3.8) is 0 Å². The van der Waals surface area contributed by atoms with Gasteiger partial charge in [0.05, 0.1) is 6.04 Å². The van der Waals surface area contributed by atoms with Gasteiger partial charge in [-0.05, 0) is 12.5 Å². The first kappa shape index (κ1) is 12.6. The molecule has 0 saturated heterocycles. The molecule has 0 fully saturated rings. The van der Waals surface area contributed by atoms with Crippen LogP contribution < -0.4 is 5.73 Å². The maximum atomic E-state index is 6.22. The number of nitrogens with zero attached hydrogens (tertiary/aromatic N) is 2. The van der Waals surface area contributed by atoms with Crippen LogP contribution in [0.4, 0.5) is 0 Å². The molecular formula is C16H16N4. The van der Waals surface area contributed by atoms with Gasteiger partial charge < -0.3 is 5.73 Å². The normalized spacial score (nSPS) is 12.3. The topological polar surface area (TPSA) is 67.6 Å². The van der Waals surface area contributed by atoms with Crippen molar-refractivity contribution in [1.29, 1.82) is 0 Å². The molecule has 2 aromatic carbocycles. The van der Waals surface area contributed by atoms with Crippen molar-refractivity contribution >= 4 is 0 Å². The summed E-state index contributed by atoms with van der Waals surface area (Å²) in [5.41, 5.74) is 9.43. The Morgan fingerprint density at radius 1 is 1.00 bits per heavy atom. The number of hydrogen-bond acceptors (Lipinski definition) is 3. The third-order valence-corrected chi connectivity index (χ3v) is 3.27. The minimum absolute atomic E-state index is 0.291. The van der Waals surface area contributed by atoms with E-state index in [0.717, 1.165) is 11.1 Å². The summed E-state index contributed by atoms with van der Waals surface area (Å²) in [5.74, 6) is 1.34. The SMILES string of the molecule is Cc1ccc([C@H](N)c2nc(-c3ccccc3)n[nH]2)cc1. The van der Waals surface area contributed by atoms with E-state index in [1.165, 1.54) is 5.56 Å². The highest BCUT2D eigenvalue weighted by Gasteiger charge is 2.14. The average Bonchev–Trinajstić information content (AvgIpc) is 2.98. The van der Waals surface area contributed by atoms with Crippen LogP contribution in [0.3, 0.4) is 0 Å². The van der Waals surface area contributed by atoms with Crippen molar-refractivity contribution < 1.29 is 0 Å². The van der Waals surface area contributed by atoms with Crippen LogP contribution in [-0.2, 0) is 0 Å². The average molecular weight is 264 g/mol. The zero-order valence-corrected chi connectivity index (χ0v) is 11.2. The summed E-state index contributed by atoms with van der Waals surface area (Å²) in [7, 11) is 0. The predicted octanol–water partition coefficient (Wildman–Crippen LogP) is 2.83. The molecule has 100 valence electrons. The monoisotopic (exact) mass is 264 g/mol. The highest BCUT2D eigenvalue weighted by atomic mass is 15.2. The zero-order valence-electron chi connectivity index (χ0n) is 11.2. The molecule has 0 saturated carbocycles. The van der Waals surface area contributed by atoms with Crippen molar-refractivity contribution in [2.45, 2.75) is 13.0 Å². The smallest absolute Gasteiger partial charge is 0.181 e. The second-order valence-corrected chi connectivity index (χ2v) is 4.80. The maximum Gasteiger partial charge on any atom is 0.181 e. The number of benzene rings is 2. The maximum absolute atomic E-state index is 6.22. The largest absolute Gasteiger partial charge is 0.318 e. The van der Waals surface area contributed by atoms with Crippen LogP contribution in [0.1, 0.15) is 23.0 Å². The van der Waals surface area contributed by atoms with Crippen molar-refractivity contribution in [3.05, 3.63) is 71.5 Å². The van der Waals surface area contributed by atoms with Crippen LogP contribution in [0, 0.1) is 6.92 Å². The first-order valence-electron chi connectivity index (χ1n) is 6.54. The standard InChI is InChI=1S/C16H16N4/c1-11-7-9-12(10-8-11)14(17)16-18-15(19-20-16)13-5-3-2-4-6-13/h2-10,14H,17H2,1H3,(H,18,19,20)/t14-/m0/s1. The molecule has 0 aliphatic heterocycles. The fourth-order valence-electron chi connectivity index (χ4n) is 2.06. The summed E-state index contributed by atoms with van der Waals surface area (Å²) < 4.78 is 0. The van der Waals surface area contributed by atoms with Gasteiger partial charge in [0.25, 0.3) is 0 Å². The van der Waals surface area contributed by atoms with Gasteiger partial charge in [0.2, 0.25) is 0 Å². The lowest BCUT2D eigenvalue weighted by molar-refractivity contribution is 0.787. The molecule has 0 radical (unpaired) electrons. The first-order chi connectivity index (χ1) is 9.74. The molecule has 4 heteroatoms. The van der Waals surface area contributed by atoms with Crippen LogP contribution >= 0.6 is 0 Å². The number of aromatic nitrogens is 3. The molecule has 3 aromatic rings. The van der Waals surface area contributed by atoms with E-state index in [4.69, 9.17) is 5.73 Å². The molecule has 0 aliphatic carbocycles. The molecule has 1 heterocycles. The molecule has 0 unspecified atom stereocenters. The van der Waals surface area contributed by atoms with Gasteiger partial charge in [-0.15, -0.1) is 0 Å². The van der Waals surface area contributed by atoms with Gasteiger partial charge in [-0.2, -0.15) is 5.10 Å². The second kappa shape index (κ2) is 5.27. The predicted molar refractivity (Wildman–Crippen MR) is 79.0 cm³/mol. The van der Waals surface area contributed by atoms with E-state index in [0.29, 0.717) is 11.6 Å². The number of hydrogen-bond donors (Lipinski definition) is 2. The van der Waals surface area contributed by atoms with Crippen molar-refractivity contribution in [3.8, 4) is 11.4 Å². The van der Waals surface area contributed by atoms with E-state index in [1.54, 1.807) is 0 Å². The highest BCUT2D eigenvalue weighted by Crippen LogP contribution is 2.20. The quantitative estimate of drug-likeness (QED) is 0.764. The van der Waals surface area contributed by atoms with Gasteiger partial charge in [-0.25, -0.2) is 4.98 Å². The Bertz CT molecular complexity index is 686. The second-order valence-electron chi connectivity index (χ2n) is 4.80. The molecule has 3 rings (SSSR count). The third kappa shape index (κ3) is 2.46. The molecule has 0 spiro atoms. The van der Waals surface area contributed by atoms with Gasteiger partial charge in [0, 0.05) is 5.56 Å². The molecule has 3 N–H and O–H groups in total. The number of H-pyrrole nitrogens is 1. The van der Waals surface area contributed by atoms with E-state index in [9.17, 15) is 0 Å². The summed E-state index contributed by atoms with van der Waals surface area (Å²) in [6.07, 6.45) is 0. The molecule has 20 heavy (non-hydrogen) atoms. The Kier molecular flexibility index (Phi) is 3.31. The van der Waals surface area contributed by atoms with E-state index in [1.807, 2.05) is 54.6 Å². The number of rotatable bonds is 3. The zero-order chi connectivity index (χ0) is 13.9. The van der Waals surface area contributed by atoms with E-state index in [2.05, 4.69) is 22.1 Å². The Hall–Kier alpha value is -2.46. The number of aryl methyl sites for hydroxylation is 1. The molecule has 0 aliphatic rings. The summed E-state index contributed by atoms with van der Waals surface area (Å²) in [5, 5.41) is 7.17. The Morgan fingerprint density at radius 3 is 2.40 bits per heavy atom. The summed E-state index contributed by atoms with van der Waals surface area (Å²) in [4.78, 5) is 4.49. The van der Waals surface area contributed by atoms with E-state index in [-0.39, 0.29) is 6.04 Å². The number of aromatic amines is 1. The van der Waals surface area contributed by atoms with Crippen LogP contribution in [0.5, 0.6) is 0 Å². The molecule has 1 aromatic heterocycles. The summed E-state index contributed by atoms with van der Waals surface area (Å²) in [6, 6.07) is 17.7. The molecule has 4 nitrogen and oxygen atoms in total. The lowest BCUT2D eigenvalue weighted by atomic mass is 10.1. The number of nitrogens with one attached hydrogen (secondary N) is 1. The minimum atomic E-state index is -0.291. The van der Waals surface area contributed by atoms with Crippen molar-refractivity contribution in [2.75, 3.05) is 0 Å². The Balaban J connectivity index is 1.88. The van der Waals surface area contributed by atoms with Crippen molar-refractivity contribution in [2.24, 2.45) is 5.73 Å². The third-order valence-electron chi connectivity index (χ3n) is 3.27. The van der Waals surface area contributed by atoms with Crippen LogP contribution in [0.2, 0.25) is 0 Å². The van der Waals surface area contributed by atoms with Crippen molar-refractivity contribution in [1.82, 2.24) is 15.2 Å². The van der Waals surface area contributed by atoms with Gasteiger partial charge >= 0.3 is 0 Å². The fraction of sp³-hybridized carbons (Fsp3) is 0.125. The van der Waals surface area contributed by atoms with Crippen LogP contribution in [0.25, 0.3) is 11.4 Å². The lowest BCUT2D eigenvalue weighted by Gasteiger charge is -2.08. The summed E-state index contributed by atoms with van der Waals surface area (Å²) in [6.45, 7) is 2.05. The highest BCUT2D eigenvalue weighted by molar-refractivity contribution is 5.54. The van der Waals surface area contributed by atoms with E-state index >= 15 is 0 Å².